The highest BCUT2D eigenvalue weighted by Crippen LogP contribution is 2.30. The lowest BCUT2D eigenvalue weighted by molar-refractivity contribution is 0.622. The standard InChI is InChI=1S/C16H11ClFN3/c1-10(17)16-20-13-6-2-3-7-15(13)21(16)14-8-4-5-12(18)11(14)9-19/h2-8,10H,1H3. The molecule has 3 rings (SSSR count). The molecule has 3 aromatic rings. The minimum absolute atomic E-state index is 0.0146. The summed E-state index contributed by atoms with van der Waals surface area (Å²) in [5.74, 6) is 0.0286. The molecule has 0 saturated carbocycles. The molecule has 0 N–H and O–H groups in total. The Morgan fingerprint density at radius 3 is 2.71 bits per heavy atom. The van der Waals surface area contributed by atoms with Crippen LogP contribution in [0.3, 0.4) is 0 Å². The maximum absolute atomic E-state index is 13.9. The van der Waals surface area contributed by atoms with E-state index in [1.165, 1.54) is 6.07 Å². The molecule has 3 nitrogen and oxygen atoms in total. The third-order valence-corrected chi connectivity index (χ3v) is 3.48. The lowest BCUT2D eigenvalue weighted by Crippen LogP contribution is -2.05. The normalized spacial score (nSPS) is 12.3. The molecule has 0 aliphatic carbocycles. The molecule has 0 saturated heterocycles. The molecule has 21 heavy (non-hydrogen) atoms. The molecule has 0 amide bonds. The van der Waals surface area contributed by atoms with Crippen molar-refractivity contribution in [3.05, 3.63) is 59.7 Å². The van der Waals surface area contributed by atoms with Gasteiger partial charge >= 0.3 is 0 Å². The Morgan fingerprint density at radius 2 is 2.00 bits per heavy atom. The van der Waals surface area contributed by atoms with E-state index in [0.717, 1.165) is 11.0 Å². The van der Waals surface area contributed by atoms with Crippen molar-refractivity contribution >= 4 is 22.6 Å². The van der Waals surface area contributed by atoms with E-state index in [2.05, 4.69) is 4.98 Å². The third-order valence-electron chi connectivity index (χ3n) is 3.29. The van der Waals surface area contributed by atoms with Crippen LogP contribution in [0.1, 0.15) is 23.7 Å². The van der Waals surface area contributed by atoms with Gasteiger partial charge in [0.05, 0.1) is 22.1 Å². The van der Waals surface area contributed by atoms with Gasteiger partial charge in [0, 0.05) is 0 Å². The van der Waals surface area contributed by atoms with Gasteiger partial charge in [0.2, 0.25) is 0 Å². The number of halogens is 2. The van der Waals surface area contributed by atoms with Gasteiger partial charge in [0.1, 0.15) is 23.3 Å². The summed E-state index contributed by atoms with van der Waals surface area (Å²) in [4.78, 5) is 4.49. The van der Waals surface area contributed by atoms with Crippen molar-refractivity contribution in [2.45, 2.75) is 12.3 Å². The molecule has 2 aromatic carbocycles. The highest BCUT2D eigenvalue weighted by atomic mass is 35.5. The summed E-state index contributed by atoms with van der Waals surface area (Å²) in [6.45, 7) is 1.80. The number of rotatable bonds is 2. The van der Waals surface area contributed by atoms with Crippen LogP contribution in [0.4, 0.5) is 4.39 Å². The summed E-state index contributed by atoms with van der Waals surface area (Å²) in [6.07, 6.45) is 0. The van der Waals surface area contributed by atoms with Crippen LogP contribution < -0.4 is 0 Å². The monoisotopic (exact) mass is 299 g/mol. The topological polar surface area (TPSA) is 41.6 Å². The molecule has 0 spiro atoms. The van der Waals surface area contributed by atoms with Crippen LogP contribution in [-0.4, -0.2) is 9.55 Å². The van der Waals surface area contributed by atoms with Gasteiger partial charge in [-0.15, -0.1) is 11.6 Å². The molecular formula is C16H11ClFN3. The van der Waals surface area contributed by atoms with Gasteiger partial charge in [-0.3, -0.25) is 4.57 Å². The zero-order valence-electron chi connectivity index (χ0n) is 11.2. The second-order valence-corrected chi connectivity index (χ2v) is 5.31. The maximum Gasteiger partial charge on any atom is 0.143 e. The highest BCUT2D eigenvalue weighted by Gasteiger charge is 2.19. The fraction of sp³-hybridized carbons (Fsp3) is 0.125. The maximum atomic E-state index is 13.9. The number of fused-ring (bicyclic) bond motifs is 1. The third kappa shape index (κ3) is 2.16. The van der Waals surface area contributed by atoms with Crippen molar-refractivity contribution in [2.24, 2.45) is 0 Å². The molecule has 1 unspecified atom stereocenters. The number of benzene rings is 2. The summed E-state index contributed by atoms with van der Waals surface area (Å²) in [7, 11) is 0. The predicted octanol–water partition coefficient (Wildman–Crippen LogP) is 4.34. The smallest absolute Gasteiger partial charge is 0.143 e. The largest absolute Gasteiger partial charge is 0.294 e. The van der Waals surface area contributed by atoms with Crippen molar-refractivity contribution in [1.82, 2.24) is 9.55 Å². The van der Waals surface area contributed by atoms with E-state index in [0.29, 0.717) is 11.5 Å². The minimum Gasteiger partial charge on any atom is -0.294 e. The van der Waals surface area contributed by atoms with Crippen molar-refractivity contribution in [1.29, 1.82) is 5.26 Å². The van der Waals surface area contributed by atoms with Gasteiger partial charge in [-0.05, 0) is 31.2 Å². The molecule has 1 aromatic heterocycles. The van der Waals surface area contributed by atoms with Gasteiger partial charge in [-0.1, -0.05) is 18.2 Å². The quantitative estimate of drug-likeness (QED) is 0.661. The Morgan fingerprint density at radius 1 is 1.24 bits per heavy atom. The molecule has 104 valence electrons. The van der Waals surface area contributed by atoms with E-state index in [4.69, 9.17) is 11.6 Å². The average molecular weight is 300 g/mol. The molecule has 0 aliphatic heterocycles. The molecule has 1 heterocycles. The number of alkyl halides is 1. The molecule has 0 fully saturated rings. The first-order chi connectivity index (χ1) is 10.1. The Kier molecular flexibility index (Phi) is 3.36. The first kappa shape index (κ1) is 13.6. The van der Waals surface area contributed by atoms with Crippen LogP contribution in [0.25, 0.3) is 16.7 Å². The summed E-state index contributed by atoms with van der Waals surface area (Å²) in [6, 6.07) is 13.9. The van der Waals surface area contributed by atoms with Gasteiger partial charge in [-0.25, -0.2) is 9.37 Å². The van der Waals surface area contributed by atoms with E-state index in [1.54, 1.807) is 23.6 Å². The van der Waals surface area contributed by atoms with Crippen molar-refractivity contribution < 1.29 is 4.39 Å². The Bertz CT molecular complexity index is 862. The average Bonchev–Trinajstić information content (AvgIpc) is 2.86. The molecule has 5 heteroatoms. The SMILES string of the molecule is CC(Cl)c1nc2ccccc2n1-c1cccc(F)c1C#N. The van der Waals surface area contributed by atoms with Crippen molar-refractivity contribution in [3.8, 4) is 11.8 Å². The number of hydrogen-bond acceptors (Lipinski definition) is 2. The molecule has 0 bridgehead atoms. The van der Waals surface area contributed by atoms with E-state index < -0.39 is 5.82 Å². The van der Waals surface area contributed by atoms with E-state index in [-0.39, 0.29) is 10.9 Å². The number of aromatic nitrogens is 2. The molecule has 0 aliphatic rings. The van der Waals surface area contributed by atoms with Crippen LogP contribution >= 0.6 is 11.6 Å². The first-order valence-electron chi connectivity index (χ1n) is 6.44. The van der Waals surface area contributed by atoms with E-state index >= 15 is 0 Å². The second-order valence-electron chi connectivity index (χ2n) is 4.66. The lowest BCUT2D eigenvalue weighted by Gasteiger charge is -2.12. The highest BCUT2D eigenvalue weighted by molar-refractivity contribution is 6.20. The first-order valence-corrected chi connectivity index (χ1v) is 6.87. The Balaban J connectivity index is 2.42. The number of para-hydroxylation sites is 2. The Hall–Kier alpha value is -2.38. The number of hydrogen-bond donors (Lipinski definition) is 0. The fourth-order valence-electron chi connectivity index (χ4n) is 2.37. The summed E-state index contributed by atoms with van der Waals surface area (Å²) in [5, 5.41) is 8.87. The van der Waals surface area contributed by atoms with Crippen LogP contribution in [0.15, 0.2) is 42.5 Å². The molecular weight excluding hydrogens is 289 g/mol. The number of nitriles is 1. The van der Waals surface area contributed by atoms with Gasteiger partial charge in [0.25, 0.3) is 0 Å². The fourth-order valence-corrected chi connectivity index (χ4v) is 2.52. The van der Waals surface area contributed by atoms with E-state index in [9.17, 15) is 9.65 Å². The molecule has 0 radical (unpaired) electrons. The Labute approximate surface area is 126 Å². The van der Waals surface area contributed by atoms with Crippen molar-refractivity contribution in [3.63, 3.8) is 0 Å². The number of imidazole rings is 1. The zero-order valence-corrected chi connectivity index (χ0v) is 12.0. The molecule has 1 atom stereocenters. The van der Waals surface area contributed by atoms with Gasteiger partial charge in [0.15, 0.2) is 0 Å². The van der Waals surface area contributed by atoms with Crippen LogP contribution in [0.2, 0.25) is 0 Å². The predicted molar refractivity (Wildman–Crippen MR) is 80.0 cm³/mol. The van der Waals surface area contributed by atoms with E-state index in [1.807, 2.05) is 30.3 Å². The summed E-state index contributed by atoms with van der Waals surface area (Å²) < 4.78 is 15.6. The number of nitrogens with zero attached hydrogens (tertiary/aromatic N) is 3. The lowest BCUT2D eigenvalue weighted by atomic mass is 10.1. The van der Waals surface area contributed by atoms with Gasteiger partial charge < -0.3 is 0 Å². The van der Waals surface area contributed by atoms with Gasteiger partial charge in [-0.2, -0.15) is 5.26 Å². The summed E-state index contributed by atoms with van der Waals surface area (Å²) in [5.41, 5.74) is 1.99. The minimum atomic E-state index is -0.555. The van der Waals surface area contributed by atoms with Crippen LogP contribution in [-0.2, 0) is 0 Å². The zero-order chi connectivity index (χ0) is 15.0. The van der Waals surface area contributed by atoms with Crippen LogP contribution in [0, 0.1) is 17.1 Å². The van der Waals surface area contributed by atoms with Crippen LogP contribution in [0.5, 0.6) is 0 Å². The van der Waals surface area contributed by atoms with Crippen molar-refractivity contribution in [2.75, 3.05) is 0 Å². The summed E-state index contributed by atoms with van der Waals surface area (Å²) >= 11 is 6.21. The second kappa shape index (κ2) is 5.19.